The highest BCUT2D eigenvalue weighted by Crippen LogP contribution is 2.41. The Morgan fingerprint density at radius 1 is 1.03 bits per heavy atom. The second-order valence-corrected chi connectivity index (χ2v) is 10.3. The van der Waals surface area contributed by atoms with Crippen LogP contribution in [0.3, 0.4) is 0 Å². The minimum atomic E-state index is -4.62. The van der Waals surface area contributed by atoms with E-state index >= 15 is 0 Å². The first kappa shape index (κ1) is 27.3. The predicted molar refractivity (Wildman–Crippen MR) is 146 cm³/mol. The molecule has 0 unspecified atom stereocenters. The van der Waals surface area contributed by atoms with E-state index < -0.39 is 26.7 Å². The molecule has 0 aliphatic carbocycles. The van der Waals surface area contributed by atoms with Crippen LogP contribution in [0.1, 0.15) is 22.8 Å². The number of ether oxygens (including phenoxy) is 1. The number of azo groups is 1. The van der Waals surface area contributed by atoms with E-state index in [4.69, 9.17) is 27.9 Å². The van der Waals surface area contributed by atoms with Crippen LogP contribution in [-0.4, -0.2) is 31.1 Å². The lowest BCUT2D eigenvalue weighted by atomic mass is 10.0. The van der Waals surface area contributed by atoms with Crippen molar-refractivity contribution in [3.63, 3.8) is 0 Å². The molecule has 0 fully saturated rings. The number of carbonyl (C=O) groups is 1. The van der Waals surface area contributed by atoms with Gasteiger partial charge in [-0.25, -0.2) is 0 Å². The topological polar surface area (TPSA) is 138 Å². The first-order valence-electron chi connectivity index (χ1n) is 11.1. The summed E-state index contributed by atoms with van der Waals surface area (Å²) in [5.41, 5.74) is 0.859. The number of phenolic OH excluding ortho intramolecular Hbond substituents is 1. The summed E-state index contributed by atoms with van der Waals surface area (Å²) in [7, 11) is -3.20. The monoisotopic (exact) mass is 573 g/mol. The molecule has 0 radical (unpaired) electrons. The highest BCUT2D eigenvalue weighted by atomic mass is 35.5. The fourth-order valence-corrected chi connectivity index (χ4v) is 5.15. The van der Waals surface area contributed by atoms with E-state index in [1.54, 1.807) is 49.4 Å². The number of nitrogens with zero attached hydrogens (tertiary/aromatic N) is 2. The summed E-state index contributed by atoms with van der Waals surface area (Å²) in [5, 5.41) is 23.4. The molecule has 0 aromatic heterocycles. The Balaban J connectivity index is 1.84. The van der Waals surface area contributed by atoms with Gasteiger partial charge in [-0.05, 0) is 47.7 Å². The molecule has 196 valence electrons. The first-order valence-corrected chi connectivity index (χ1v) is 13.3. The van der Waals surface area contributed by atoms with E-state index in [-0.39, 0.29) is 27.7 Å². The quantitative estimate of drug-likeness (QED) is 0.156. The summed E-state index contributed by atoms with van der Waals surface area (Å²) in [6, 6.07) is 15.7. The normalized spacial score (nSPS) is 11.7. The number of hydrogen-bond donors (Lipinski definition) is 3. The third kappa shape index (κ3) is 5.44. The number of fused-ring (bicyclic) bond motifs is 1. The number of halogens is 2. The third-order valence-electron chi connectivity index (χ3n) is 5.71. The number of phenols is 1. The zero-order valence-electron chi connectivity index (χ0n) is 20.1. The zero-order valence-corrected chi connectivity index (χ0v) is 22.4. The van der Waals surface area contributed by atoms with Crippen LogP contribution in [0.5, 0.6) is 11.5 Å². The minimum Gasteiger partial charge on any atom is -0.505 e. The van der Waals surface area contributed by atoms with Gasteiger partial charge in [-0.2, -0.15) is 13.5 Å². The molecule has 0 saturated heterocycles. The van der Waals surface area contributed by atoms with Gasteiger partial charge in [0.25, 0.3) is 16.0 Å². The van der Waals surface area contributed by atoms with Crippen molar-refractivity contribution in [3.8, 4) is 11.5 Å². The van der Waals surface area contributed by atoms with Crippen molar-refractivity contribution in [3.05, 3.63) is 81.8 Å². The van der Waals surface area contributed by atoms with Crippen molar-refractivity contribution in [2.75, 3.05) is 12.4 Å². The Morgan fingerprint density at radius 3 is 2.45 bits per heavy atom. The molecule has 4 rings (SSSR count). The lowest BCUT2D eigenvalue weighted by Gasteiger charge is -2.14. The molecule has 38 heavy (non-hydrogen) atoms. The van der Waals surface area contributed by atoms with E-state index in [9.17, 15) is 22.9 Å². The number of nitrogens with one attached hydrogen (secondary N) is 1. The molecule has 4 aromatic carbocycles. The maximum absolute atomic E-state index is 13.2. The van der Waals surface area contributed by atoms with E-state index in [2.05, 4.69) is 15.5 Å². The van der Waals surface area contributed by atoms with Crippen molar-refractivity contribution < 1.29 is 27.6 Å². The molecule has 12 heteroatoms. The Hall–Kier alpha value is -3.70. The van der Waals surface area contributed by atoms with Gasteiger partial charge in [0.2, 0.25) is 0 Å². The molecule has 0 saturated carbocycles. The smallest absolute Gasteiger partial charge is 0.296 e. The van der Waals surface area contributed by atoms with Crippen molar-refractivity contribution in [2.24, 2.45) is 10.2 Å². The summed E-state index contributed by atoms with van der Waals surface area (Å²) < 4.78 is 38.3. The third-order valence-corrected chi connectivity index (χ3v) is 7.32. The van der Waals surface area contributed by atoms with Crippen LogP contribution in [0.15, 0.2) is 75.8 Å². The van der Waals surface area contributed by atoms with E-state index in [1.165, 1.54) is 19.2 Å². The van der Waals surface area contributed by atoms with Gasteiger partial charge in [-0.15, -0.1) is 5.11 Å². The number of anilines is 1. The van der Waals surface area contributed by atoms with E-state index in [0.717, 1.165) is 6.07 Å². The summed E-state index contributed by atoms with van der Waals surface area (Å²) in [6.07, 6.45) is 0.427. The van der Waals surface area contributed by atoms with Crippen molar-refractivity contribution in [2.45, 2.75) is 18.2 Å². The molecule has 0 aliphatic rings. The molecule has 0 heterocycles. The number of hydrogen-bond acceptors (Lipinski definition) is 7. The van der Waals surface area contributed by atoms with E-state index in [1.807, 2.05) is 0 Å². The summed E-state index contributed by atoms with van der Waals surface area (Å²) in [6.45, 7) is 1.81. The molecule has 0 bridgehead atoms. The van der Waals surface area contributed by atoms with Gasteiger partial charge < -0.3 is 15.2 Å². The summed E-state index contributed by atoms with van der Waals surface area (Å²) in [4.78, 5) is 12.7. The molecule has 0 aliphatic heterocycles. The zero-order chi connectivity index (χ0) is 27.6. The number of aromatic hydroxyl groups is 1. The fourth-order valence-electron chi connectivity index (χ4n) is 3.86. The SMILES string of the molecule is CCc1cc(Cl)c(S(=O)(=O)O)cc1N=Nc1c(O)c(C(=O)Nc2cccc(Cl)c2OC)cc2ccccc12. The second kappa shape index (κ2) is 11.0. The average molecular weight is 574 g/mol. The molecular weight excluding hydrogens is 553 g/mol. The van der Waals surface area contributed by atoms with Gasteiger partial charge >= 0.3 is 0 Å². The number of carbonyl (C=O) groups excluding carboxylic acids is 1. The standard InChI is InChI=1S/C26H21Cl2N3O6S/c1-3-14-12-19(28)22(38(34,35)36)13-21(14)30-31-23-16-8-5-4-7-15(16)11-17(24(23)32)26(33)29-20-10-6-9-18(27)25(20)37-2/h4-13,32H,3H2,1-2H3,(H,29,33)(H,34,35,36). The van der Waals surface area contributed by atoms with Crippen LogP contribution in [-0.2, 0) is 16.5 Å². The molecule has 0 atom stereocenters. The van der Waals surface area contributed by atoms with Gasteiger partial charge in [0, 0.05) is 5.39 Å². The summed E-state index contributed by atoms with van der Waals surface area (Å²) >= 11 is 12.2. The van der Waals surface area contributed by atoms with Crippen molar-refractivity contribution in [1.82, 2.24) is 0 Å². The lowest BCUT2D eigenvalue weighted by molar-refractivity contribution is 0.102. The van der Waals surface area contributed by atoms with Crippen LogP contribution < -0.4 is 10.1 Å². The van der Waals surface area contributed by atoms with Gasteiger partial charge in [-0.1, -0.05) is 60.5 Å². The van der Waals surface area contributed by atoms with E-state index in [0.29, 0.717) is 33.5 Å². The number of benzene rings is 4. The van der Waals surface area contributed by atoms with Crippen LogP contribution >= 0.6 is 23.2 Å². The molecule has 3 N–H and O–H groups in total. The molecule has 9 nitrogen and oxygen atoms in total. The number of rotatable bonds is 7. The van der Waals surface area contributed by atoms with Gasteiger partial charge in [0.05, 0.1) is 34.1 Å². The Labute approximate surface area is 228 Å². The molecule has 0 spiro atoms. The molecule has 1 amide bonds. The van der Waals surface area contributed by atoms with Crippen LogP contribution in [0.2, 0.25) is 10.0 Å². The van der Waals surface area contributed by atoms with Gasteiger partial charge in [-0.3, -0.25) is 9.35 Å². The Kier molecular flexibility index (Phi) is 7.89. The van der Waals surface area contributed by atoms with Crippen LogP contribution in [0.25, 0.3) is 10.8 Å². The Bertz CT molecular complexity index is 1710. The molecule has 4 aromatic rings. The van der Waals surface area contributed by atoms with Crippen molar-refractivity contribution >= 4 is 67.1 Å². The lowest BCUT2D eigenvalue weighted by Crippen LogP contribution is -2.13. The predicted octanol–water partition coefficient (Wildman–Crippen LogP) is 7.34. The van der Waals surface area contributed by atoms with Crippen LogP contribution in [0, 0.1) is 0 Å². The van der Waals surface area contributed by atoms with Gasteiger partial charge in [0.1, 0.15) is 10.6 Å². The fraction of sp³-hybridized carbons (Fsp3) is 0.115. The number of methoxy groups -OCH3 is 1. The number of para-hydroxylation sites is 1. The highest BCUT2D eigenvalue weighted by Gasteiger charge is 2.21. The Morgan fingerprint density at radius 2 is 1.76 bits per heavy atom. The van der Waals surface area contributed by atoms with Crippen molar-refractivity contribution in [1.29, 1.82) is 0 Å². The molecular formula is C26H21Cl2N3O6S. The second-order valence-electron chi connectivity index (χ2n) is 8.06. The maximum Gasteiger partial charge on any atom is 0.296 e. The largest absolute Gasteiger partial charge is 0.505 e. The summed E-state index contributed by atoms with van der Waals surface area (Å²) in [5.74, 6) is -0.847. The number of amides is 1. The number of aryl methyl sites for hydroxylation is 1. The van der Waals surface area contributed by atoms with Gasteiger partial charge in [0.15, 0.2) is 11.5 Å². The van der Waals surface area contributed by atoms with Crippen LogP contribution in [0.4, 0.5) is 17.1 Å². The maximum atomic E-state index is 13.2. The highest BCUT2D eigenvalue weighted by molar-refractivity contribution is 7.86. The average Bonchev–Trinajstić information content (AvgIpc) is 2.87. The minimum absolute atomic E-state index is 0.0169. The first-order chi connectivity index (χ1) is 18.0.